The summed E-state index contributed by atoms with van der Waals surface area (Å²) in [5.74, 6) is -8.04. The van der Waals surface area contributed by atoms with Crippen molar-refractivity contribution in [2.24, 2.45) is 0 Å². The number of esters is 1. The third-order valence-electron chi connectivity index (χ3n) is 11.4. The Hall–Kier alpha value is -7.91. The lowest BCUT2D eigenvalue weighted by Gasteiger charge is -2.36. The zero-order valence-electron chi connectivity index (χ0n) is 47.8. The smallest absolute Gasteiger partial charge is 0.359 e. The number of H-pyrrole nitrogens is 1. The number of nitrogens with zero attached hydrogens (tertiary/aromatic N) is 6. The summed E-state index contributed by atoms with van der Waals surface area (Å²) < 4.78 is 141. The minimum Gasteiger partial charge on any atom is -0.503 e. The normalized spacial score (nSPS) is 12.2. The summed E-state index contributed by atoms with van der Waals surface area (Å²) in [6.45, 7) is 13.0. The van der Waals surface area contributed by atoms with Gasteiger partial charge in [0, 0.05) is 30.7 Å². The van der Waals surface area contributed by atoms with Crippen LogP contribution in [0, 0.1) is 40.7 Å². The maximum Gasteiger partial charge on any atom is 0.359 e. The van der Waals surface area contributed by atoms with Crippen LogP contribution in [-0.2, 0) is 9.16 Å². The van der Waals surface area contributed by atoms with Crippen molar-refractivity contribution in [2.75, 3.05) is 73.2 Å². The lowest BCUT2D eigenvalue weighted by Crippen LogP contribution is -2.41. The van der Waals surface area contributed by atoms with E-state index < -0.39 is 89.3 Å². The molecule has 0 aliphatic carbocycles. The molecule has 23 nitrogen and oxygen atoms in total. The van der Waals surface area contributed by atoms with E-state index >= 15 is 0 Å². The van der Waals surface area contributed by atoms with Crippen LogP contribution < -0.4 is 43.3 Å². The van der Waals surface area contributed by atoms with Crippen LogP contribution in [0.1, 0.15) is 41.7 Å². The second kappa shape index (κ2) is 36.1. The number of aliphatic hydroxyl groups is 1. The summed E-state index contributed by atoms with van der Waals surface area (Å²) in [6, 6.07) is 5.27. The topological polar surface area (TPSA) is 297 Å². The number of aromatic amines is 1. The Bertz CT molecular complexity index is 3590. The number of rotatable bonds is 10. The van der Waals surface area contributed by atoms with E-state index in [1.165, 1.54) is 49.2 Å². The van der Waals surface area contributed by atoms with Crippen molar-refractivity contribution in [1.29, 1.82) is 0 Å². The van der Waals surface area contributed by atoms with Crippen molar-refractivity contribution >= 4 is 78.3 Å². The average molecular weight is 1390 g/mol. The molecule has 0 fully saturated rings. The van der Waals surface area contributed by atoms with E-state index in [2.05, 4.69) is 73.5 Å². The molecule has 0 saturated heterocycles. The first-order valence-corrected chi connectivity index (χ1v) is 30.3. The zero-order valence-corrected chi connectivity index (χ0v) is 52.6. The fourth-order valence-electron chi connectivity index (χ4n) is 6.03. The van der Waals surface area contributed by atoms with E-state index in [1.807, 2.05) is 0 Å². The van der Waals surface area contributed by atoms with Crippen molar-refractivity contribution in [3.8, 4) is 51.7 Å². The van der Waals surface area contributed by atoms with Crippen molar-refractivity contribution in [3.63, 3.8) is 0 Å². The Morgan fingerprint density at radius 2 is 1.11 bits per heavy atom. The number of pyridine rings is 7. The number of aromatic hydroxyl groups is 1. The standard InChI is InChI=1S/C13H21ClFNO2Si.C9H8FNO4.C8H6FNO4.C7H7ClFNO3.C7H5ClFNO2.C5H3ClFNO.C5H3ClFN/c1-13(2,3)19(4,5)18-9-8-17-10-6-7-16-12(14)11(10)15;1-13-9(12)7-6(10)8-5(4-11-7)14-2-3-15-8;9-5-6(8(11)12)10-3-4-7(5)14-2-1-13-4;8-7-5(9)6(13-2-1-11)4(12)3-10-7;8-7-5(9)6-4(3-10-7)11-1-2-12-6;6-5-4(7)3(9)1-2-8-5;6-5-4(7)2-1-3-8-5/h6-7H,8-9H2,1-5H3;4H,2-3H2,1H3;3H,1-2H2,(H,11,12);3,11-12H,1-2H2;3H,1-2H2;1-2H,(H,8,9);1-3H. The number of carboxylic acids is 1. The number of methoxy groups -OCH3 is 1. The number of hydrogen-bond donors (Lipinski definition) is 4. The zero-order chi connectivity index (χ0) is 66.9. The molecule has 0 amide bonds. The van der Waals surface area contributed by atoms with Gasteiger partial charge in [-0.15, -0.1) is 0 Å². The molecule has 0 atom stereocenters. The largest absolute Gasteiger partial charge is 0.503 e. The SMILES string of the molecule is CC(C)(C)[Si](C)(C)OCCOc1ccnc(Cl)c1F.COC(=O)c1ncc2c(c1F)OCCO2.Fc1c(Cl)ncc2c1OCCO2.Fc1cccnc1Cl.O=C(O)c1ncc2c(c1F)OCCO2.O=c1cc[nH]c(Cl)c1F.OCCOc1c(O)cnc(Cl)c1F. The molecule has 3 aliphatic rings. The summed E-state index contributed by atoms with van der Waals surface area (Å²) in [5.41, 5.74) is -1.75. The number of hydrogen-bond acceptors (Lipinski definition) is 21. The Balaban J connectivity index is 0.000000227. The molecule has 0 radical (unpaired) electrons. The Morgan fingerprint density at radius 3 is 1.61 bits per heavy atom. The van der Waals surface area contributed by atoms with Gasteiger partial charge in [-0.2, -0.15) is 17.6 Å². The van der Waals surface area contributed by atoms with E-state index in [0.29, 0.717) is 45.4 Å². The monoisotopic (exact) mass is 1390 g/mol. The first-order chi connectivity index (χ1) is 42.6. The summed E-state index contributed by atoms with van der Waals surface area (Å²) >= 11 is 26.7. The first kappa shape index (κ1) is 74.6. The number of ether oxygens (including phenoxy) is 9. The van der Waals surface area contributed by atoms with Crippen LogP contribution in [0.15, 0.2) is 72.4 Å². The molecular formula is C54H53Cl5F7N7O16Si. The van der Waals surface area contributed by atoms with Gasteiger partial charge in [-0.3, -0.25) is 4.79 Å². The number of nitrogens with one attached hydrogen (secondary N) is 1. The first-order valence-electron chi connectivity index (χ1n) is 25.5. The number of aromatic carboxylic acids is 1. The van der Waals surface area contributed by atoms with Gasteiger partial charge in [0.05, 0.1) is 45.1 Å². The van der Waals surface area contributed by atoms with Crippen molar-refractivity contribution in [2.45, 2.75) is 38.9 Å². The summed E-state index contributed by atoms with van der Waals surface area (Å²) in [5, 5.41) is 25.1. The van der Waals surface area contributed by atoms with E-state index in [4.69, 9.17) is 116 Å². The number of halogens is 12. The molecule has 7 aromatic rings. The molecule has 0 aromatic carbocycles. The van der Waals surface area contributed by atoms with E-state index in [0.717, 1.165) is 25.6 Å². The van der Waals surface area contributed by atoms with Gasteiger partial charge in [-0.25, -0.2) is 52.7 Å². The number of carboxylic acid groups (broad SMARTS) is 1. The van der Waals surface area contributed by atoms with Gasteiger partial charge in [-0.1, -0.05) is 78.8 Å². The quantitative estimate of drug-likeness (QED) is 0.0325. The van der Waals surface area contributed by atoms with Crippen LogP contribution in [0.3, 0.4) is 0 Å². The maximum atomic E-state index is 13.6. The van der Waals surface area contributed by atoms with Gasteiger partial charge in [0.1, 0.15) is 58.0 Å². The van der Waals surface area contributed by atoms with Gasteiger partial charge in [0.2, 0.25) is 63.3 Å². The summed E-state index contributed by atoms with van der Waals surface area (Å²) in [4.78, 5) is 55.3. The van der Waals surface area contributed by atoms with Crippen LogP contribution in [0.5, 0.6) is 51.7 Å². The molecular weight excluding hydrogens is 1340 g/mol. The van der Waals surface area contributed by atoms with Gasteiger partial charge < -0.3 is 67.4 Å². The summed E-state index contributed by atoms with van der Waals surface area (Å²) in [7, 11) is -0.627. The molecule has 36 heteroatoms. The molecule has 10 rings (SSSR count). The molecule has 0 spiro atoms. The Kier molecular flexibility index (Phi) is 29.9. The highest BCUT2D eigenvalue weighted by molar-refractivity contribution is 6.74. The van der Waals surface area contributed by atoms with E-state index in [1.54, 1.807) is 0 Å². The number of aliphatic hydroxyl groups excluding tert-OH is 1. The summed E-state index contributed by atoms with van der Waals surface area (Å²) in [6.07, 6.45) is 8.83. The Labute approximate surface area is 532 Å². The maximum absolute atomic E-state index is 13.6. The highest BCUT2D eigenvalue weighted by Gasteiger charge is 2.37. The number of carbonyl (C=O) groups excluding carboxylic acids is 1. The van der Waals surface area contributed by atoms with Crippen LogP contribution in [0.4, 0.5) is 30.7 Å². The molecule has 488 valence electrons. The second-order valence-corrected chi connectivity index (χ2v) is 25.1. The lowest BCUT2D eigenvalue weighted by atomic mass is 10.2. The van der Waals surface area contributed by atoms with Crippen LogP contribution in [0.25, 0.3) is 0 Å². The lowest BCUT2D eigenvalue weighted by molar-refractivity contribution is 0.0584. The minimum absolute atomic E-state index is 0.0567. The molecule has 0 saturated carbocycles. The van der Waals surface area contributed by atoms with Gasteiger partial charge in [-0.05, 0) is 30.3 Å². The fraction of sp³-hybridized carbons (Fsp3) is 0.315. The third kappa shape index (κ3) is 21.9. The molecule has 0 unspecified atom stereocenters. The molecule has 4 N–H and O–H groups in total. The van der Waals surface area contributed by atoms with Crippen molar-refractivity contribution < 1.29 is 103 Å². The number of aromatic nitrogens is 7. The van der Waals surface area contributed by atoms with Crippen molar-refractivity contribution in [3.05, 3.63) is 156 Å². The minimum atomic E-state index is -1.78. The number of carbonyl (C=O) groups is 2. The molecule has 10 heterocycles. The second-order valence-electron chi connectivity index (χ2n) is 18.4. The van der Waals surface area contributed by atoms with Gasteiger partial charge in [0.25, 0.3) is 0 Å². The predicted molar refractivity (Wildman–Crippen MR) is 311 cm³/mol. The number of fused-ring (bicyclic) bond motifs is 3. The highest BCUT2D eigenvalue weighted by atomic mass is 35.5. The van der Waals surface area contributed by atoms with Gasteiger partial charge in [0.15, 0.2) is 74.9 Å². The fourth-order valence-corrected chi connectivity index (χ4v) is 7.75. The third-order valence-corrected chi connectivity index (χ3v) is 17.2. The highest BCUT2D eigenvalue weighted by Crippen LogP contribution is 2.38. The molecule has 90 heavy (non-hydrogen) atoms. The van der Waals surface area contributed by atoms with E-state index in [-0.39, 0.29) is 91.7 Å². The Morgan fingerprint density at radius 1 is 0.611 bits per heavy atom. The average Bonchev–Trinajstić information content (AvgIpc) is 1.24. The molecule has 0 bridgehead atoms. The molecule has 7 aromatic heterocycles. The van der Waals surface area contributed by atoms with Crippen LogP contribution in [0.2, 0.25) is 43.9 Å². The van der Waals surface area contributed by atoms with Gasteiger partial charge >= 0.3 is 11.9 Å². The van der Waals surface area contributed by atoms with Crippen LogP contribution >= 0.6 is 58.0 Å². The predicted octanol–water partition coefficient (Wildman–Crippen LogP) is 11.4. The van der Waals surface area contributed by atoms with E-state index in [9.17, 15) is 45.1 Å². The molecule has 3 aliphatic heterocycles. The van der Waals surface area contributed by atoms with Crippen molar-refractivity contribution in [1.82, 2.24) is 34.9 Å². The van der Waals surface area contributed by atoms with Crippen LogP contribution in [-0.4, -0.2) is 144 Å².